The molecule has 0 aromatic heterocycles. The van der Waals surface area contributed by atoms with Gasteiger partial charge in [-0.05, 0) is 11.1 Å². The largest absolute Gasteiger partial charge is 0.368 e. The minimum atomic E-state index is -0.684. The highest BCUT2D eigenvalue weighted by atomic mass is 35.5. The number of carbonyl (C=O) groups is 2. The standard InChI is InChI=1S/2C8H10N2O.2ClH/c2*9-7(8(10)11)6-4-2-1-3-5-6;;/h2*1-5,7H,9H2,(H2,10,11);2*1H. The minimum Gasteiger partial charge on any atom is -0.368 e. The predicted molar refractivity (Wildman–Crippen MR) is 99.6 cm³/mol. The fourth-order valence-electron chi connectivity index (χ4n) is 1.65. The van der Waals surface area contributed by atoms with E-state index in [0.29, 0.717) is 0 Å². The van der Waals surface area contributed by atoms with E-state index in [1.54, 1.807) is 24.3 Å². The zero-order chi connectivity index (χ0) is 16.5. The third-order valence-electron chi connectivity index (χ3n) is 2.93. The molecule has 0 aliphatic rings. The van der Waals surface area contributed by atoms with Gasteiger partial charge in [-0.1, -0.05) is 60.7 Å². The summed E-state index contributed by atoms with van der Waals surface area (Å²) in [6, 6.07) is 16.7. The Labute approximate surface area is 153 Å². The molecule has 0 aliphatic heterocycles. The summed E-state index contributed by atoms with van der Waals surface area (Å²) in [5, 5.41) is 0. The molecule has 0 spiro atoms. The van der Waals surface area contributed by atoms with Crippen LogP contribution in [0.25, 0.3) is 0 Å². The Morgan fingerprint density at radius 3 is 1.08 bits per heavy atom. The van der Waals surface area contributed by atoms with E-state index in [4.69, 9.17) is 22.9 Å². The lowest BCUT2D eigenvalue weighted by Crippen LogP contribution is -2.27. The smallest absolute Gasteiger partial charge is 0.238 e. The first-order chi connectivity index (χ1) is 10.4. The van der Waals surface area contributed by atoms with Crippen molar-refractivity contribution in [3.05, 3.63) is 71.8 Å². The second kappa shape index (κ2) is 12.3. The molecular weight excluding hydrogens is 351 g/mol. The summed E-state index contributed by atoms with van der Waals surface area (Å²) in [7, 11) is 0. The van der Waals surface area contributed by atoms with Gasteiger partial charge in [-0.2, -0.15) is 0 Å². The van der Waals surface area contributed by atoms with Gasteiger partial charge in [0.15, 0.2) is 0 Å². The Kier molecular flexibility index (Phi) is 12.4. The van der Waals surface area contributed by atoms with E-state index in [9.17, 15) is 9.59 Å². The van der Waals surface area contributed by atoms with Gasteiger partial charge >= 0.3 is 0 Å². The number of hydrogen-bond donors (Lipinski definition) is 4. The van der Waals surface area contributed by atoms with Crippen LogP contribution in [-0.2, 0) is 9.59 Å². The van der Waals surface area contributed by atoms with Crippen LogP contribution in [0.1, 0.15) is 23.2 Å². The van der Waals surface area contributed by atoms with Crippen LogP contribution in [0.2, 0.25) is 0 Å². The van der Waals surface area contributed by atoms with Crippen LogP contribution in [0.5, 0.6) is 0 Å². The third kappa shape index (κ3) is 7.94. The lowest BCUT2D eigenvalue weighted by molar-refractivity contribution is -0.120. The van der Waals surface area contributed by atoms with Crippen LogP contribution < -0.4 is 22.9 Å². The highest BCUT2D eigenvalue weighted by Gasteiger charge is 2.10. The van der Waals surface area contributed by atoms with Crippen molar-refractivity contribution in [3.8, 4) is 0 Å². The molecule has 2 atom stereocenters. The molecule has 0 fully saturated rings. The number of halogens is 2. The molecule has 132 valence electrons. The zero-order valence-electron chi connectivity index (χ0n) is 12.9. The van der Waals surface area contributed by atoms with Gasteiger partial charge in [-0.25, -0.2) is 0 Å². The first-order valence-corrected chi connectivity index (χ1v) is 6.63. The average molecular weight is 373 g/mol. The molecule has 8 heteroatoms. The van der Waals surface area contributed by atoms with Gasteiger partial charge < -0.3 is 22.9 Å². The number of rotatable bonds is 4. The maximum absolute atomic E-state index is 10.6. The van der Waals surface area contributed by atoms with E-state index in [-0.39, 0.29) is 24.8 Å². The summed E-state index contributed by atoms with van der Waals surface area (Å²) in [5.74, 6) is -1.01. The van der Waals surface area contributed by atoms with Crippen LogP contribution in [0.4, 0.5) is 0 Å². The second-order valence-corrected chi connectivity index (χ2v) is 4.58. The number of benzene rings is 2. The van der Waals surface area contributed by atoms with Gasteiger partial charge in [-0.3, -0.25) is 9.59 Å². The lowest BCUT2D eigenvalue weighted by atomic mass is 10.1. The molecular formula is C16H22Cl2N4O2. The second-order valence-electron chi connectivity index (χ2n) is 4.58. The van der Waals surface area contributed by atoms with E-state index in [1.165, 1.54) is 0 Å². The fraction of sp³-hybridized carbons (Fsp3) is 0.125. The average Bonchev–Trinajstić information content (AvgIpc) is 2.55. The zero-order valence-corrected chi connectivity index (χ0v) is 14.5. The molecule has 24 heavy (non-hydrogen) atoms. The summed E-state index contributed by atoms with van der Waals surface area (Å²) in [6.45, 7) is 0. The fourth-order valence-corrected chi connectivity index (χ4v) is 1.65. The SMILES string of the molecule is Cl.Cl.NC(=O)C(N)c1ccccc1.NC(=O)C(N)c1ccccc1. The summed E-state index contributed by atoms with van der Waals surface area (Å²) in [4.78, 5) is 21.2. The molecule has 2 rings (SSSR count). The molecule has 0 aliphatic carbocycles. The van der Waals surface area contributed by atoms with E-state index in [2.05, 4.69) is 0 Å². The van der Waals surface area contributed by atoms with Gasteiger partial charge in [0.1, 0.15) is 12.1 Å². The number of carbonyl (C=O) groups excluding carboxylic acids is 2. The Balaban J connectivity index is 0. The summed E-state index contributed by atoms with van der Waals surface area (Å²) in [6.07, 6.45) is 0. The van der Waals surface area contributed by atoms with Crippen molar-refractivity contribution < 1.29 is 9.59 Å². The number of amides is 2. The number of hydrogen-bond acceptors (Lipinski definition) is 4. The molecule has 0 heterocycles. The van der Waals surface area contributed by atoms with E-state index < -0.39 is 23.9 Å². The molecule has 2 aromatic rings. The number of primary amides is 2. The Morgan fingerprint density at radius 1 is 0.625 bits per heavy atom. The normalized spacial score (nSPS) is 11.4. The van der Waals surface area contributed by atoms with E-state index >= 15 is 0 Å². The lowest BCUT2D eigenvalue weighted by Gasteiger charge is -2.05. The van der Waals surface area contributed by atoms with Gasteiger partial charge in [0, 0.05) is 0 Å². The quantitative estimate of drug-likeness (QED) is 0.639. The Morgan fingerprint density at radius 2 is 0.875 bits per heavy atom. The molecule has 0 saturated heterocycles. The molecule has 2 aromatic carbocycles. The van der Waals surface area contributed by atoms with Gasteiger partial charge in [-0.15, -0.1) is 24.8 Å². The van der Waals surface area contributed by atoms with E-state index in [1.807, 2.05) is 36.4 Å². The molecule has 6 nitrogen and oxygen atoms in total. The minimum absolute atomic E-state index is 0. The van der Waals surface area contributed by atoms with Crippen molar-refractivity contribution in [1.29, 1.82) is 0 Å². The molecule has 0 bridgehead atoms. The van der Waals surface area contributed by atoms with Crippen molar-refractivity contribution in [2.24, 2.45) is 22.9 Å². The molecule has 2 unspecified atom stereocenters. The summed E-state index contributed by atoms with van der Waals surface area (Å²) in [5.41, 5.74) is 22.4. The van der Waals surface area contributed by atoms with Crippen LogP contribution in [-0.4, -0.2) is 11.8 Å². The van der Waals surface area contributed by atoms with Gasteiger partial charge in [0.2, 0.25) is 11.8 Å². The third-order valence-corrected chi connectivity index (χ3v) is 2.93. The highest BCUT2D eigenvalue weighted by molar-refractivity contribution is 5.85. The van der Waals surface area contributed by atoms with Crippen molar-refractivity contribution in [2.45, 2.75) is 12.1 Å². The highest BCUT2D eigenvalue weighted by Crippen LogP contribution is 2.08. The van der Waals surface area contributed by atoms with Crippen LogP contribution >= 0.6 is 24.8 Å². The maximum atomic E-state index is 10.6. The molecule has 0 radical (unpaired) electrons. The maximum Gasteiger partial charge on any atom is 0.238 e. The van der Waals surface area contributed by atoms with Crippen LogP contribution in [0.3, 0.4) is 0 Å². The summed E-state index contributed by atoms with van der Waals surface area (Å²) >= 11 is 0. The van der Waals surface area contributed by atoms with Crippen molar-refractivity contribution >= 4 is 36.6 Å². The first-order valence-electron chi connectivity index (χ1n) is 6.63. The topological polar surface area (TPSA) is 138 Å². The van der Waals surface area contributed by atoms with Crippen LogP contribution in [0.15, 0.2) is 60.7 Å². The van der Waals surface area contributed by atoms with E-state index in [0.717, 1.165) is 11.1 Å². The van der Waals surface area contributed by atoms with Gasteiger partial charge in [0.05, 0.1) is 0 Å². The first kappa shape index (κ1) is 24.1. The van der Waals surface area contributed by atoms with Crippen LogP contribution in [0, 0.1) is 0 Å². The van der Waals surface area contributed by atoms with Crippen molar-refractivity contribution in [1.82, 2.24) is 0 Å². The Hall–Kier alpha value is -2.12. The molecule has 2 amide bonds. The monoisotopic (exact) mass is 372 g/mol. The molecule has 8 N–H and O–H groups in total. The van der Waals surface area contributed by atoms with Gasteiger partial charge in [0.25, 0.3) is 0 Å². The number of nitrogens with two attached hydrogens (primary N) is 4. The van der Waals surface area contributed by atoms with Crippen molar-refractivity contribution in [2.75, 3.05) is 0 Å². The molecule has 0 saturated carbocycles. The van der Waals surface area contributed by atoms with Crippen molar-refractivity contribution in [3.63, 3.8) is 0 Å². The Bertz CT molecular complexity index is 556. The predicted octanol–water partition coefficient (Wildman–Crippen LogP) is 1.19. The summed E-state index contributed by atoms with van der Waals surface area (Å²) < 4.78 is 0.